The van der Waals surface area contributed by atoms with Crippen molar-refractivity contribution in [3.63, 3.8) is 0 Å². The van der Waals surface area contributed by atoms with Crippen molar-refractivity contribution in [2.24, 2.45) is 0 Å². The van der Waals surface area contributed by atoms with Crippen molar-refractivity contribution in [1.82, 2.24) is 25.6 Å². The van der Waals surface area contributed by atoms with Gasteiger partial charge in [-0.25, -0.2) is 13.1 Å². The number of carbonyl (C=O) groups is 2. The van der Waals surface area contributed by atoms with E-state index in [9.17, 15) is 18.0 Å². The Morgan fingerprint density at radius 3 is 2.50 bits per heavy atom. The monoisotopic (exact) mass is 467 g/mol. The van der Waals surface area contributed by atoms with E-state index in [-0.39, 0.29) is 12.5 Å². The van der Waals surface area contributed by atoms with Crippen molar-refractivity contribution in [3.05, 3.63) is 24.0 Å². The highest BCUT2D eigenvalue weighted by Gasteiger charge is 2.29. The van der Waals surface area contributed by atoms with E-state index < -0.39 is 27.2 Å². The van der Waals surface area contributed by atoms with Crippen LogP contribution in [0.15, 0.2) is 24.0 Å². The van der Waals surface area contributed by atoms with E-state index in [4.69, 9.17) is 0 Å². The van der Waals surface area contributed by atoms with Crippen molar-refractivity contribution in [1.29, 1.82) is 0 Å². The Morgan fingerprint density at radius 1 is 1.09 bits per heavy atom. The molecule has 0 spiro atoms. The number of likely N-dealkylation sites (tertiary alicyclic amines) is 1. The average Bonchev–Trinajstić information content (AvgIpc) is 2.83. The van der Waals surface area contributed by atoms with Crippen LogP contribution in [0.25, 0.3) is 0 Å². The lowest BCUT2D eigenvalue weighted by Gasteiger charge is -2.31. The molecule has 4 N–H and O–H groups in total. The van der Waals surface area contributed by atoms with E-state index in [1.807, 2.05) is 23.3 Å². The van der Waals surface area contributed by atoms with Gasteiger partial charge in [0.25, 0.3) is 0 Å². The van der Waals surface area contributed by atoms with Crippen LogP contribution in [0, 0.1) is 0 Å². The maximum Gasteiger partial charge on any atom is 0.245 e. The molecule has 3 rings (SSSR count). The van der Waals surface area contributed by atoms with Crippen LogP contribution in [0.5, 0.6) is 0 Å². The molecule has 0 unspecified atom stereocenters. The Bertz CT molecular complexity index is 799. The Morgan fingerprint density at radius 2 is 1.81 bits per heavy atom. The van der Waals surface area contributed by atoms with Gasteiger partial charge in [0, 0.05) is 31.9 Å². The first-order valence-electron chi connectivity index (χ1n) is 11.9. The number of nitrogens with zero attached hydrogens (tertiary/aromatic N) is 1. The smallest absolute Gasteiger partial charge is 0.245 e. The van der Waals surface area contributed by atoms with Gasteiger partial charge in [0.15, 0.2) is 0 Å². The van der Waals surface area contributed by atoms with Crippen molar-refractivity contribution >= 4 is 21.8 Å². The quantitative estimate of drug-likeness (QED) is 0.376. The summed E-state index contributed by atoms with van der Waals surface area (Å²) in [6.45, 7) is 2.33. The largest absolute Gasteiger partial charge is 0.387 e. The van der Waals surface area contributed by atoms with Gasteiger partial charge in [0.05, 0.1) is 11.8 Å². The van der Waals surface area contributed by atoms with E-state index in [0.29, 0.717) is 38.9 Å². The summed E-state index contributed by atoms with van der Waals surface area (Å²) in [7, 11) is -3.53. The first-order chi connectivity index (χ1) is 15.5. The topological polar surface area (TPSA) is 120 Å². The van der Waals surface area contributed by atoms with Gasteiger partial charge in [-0.15, -0.1) is 0 Å². The van der Waals surface area contributed by atoms with E-state index in [2.05, 4.69) is 20.7 Å². The molecular weight excluding hydrogens is 430 g/mol. The standard InChI is InChI=1S/C22H37N5O4S/c28-21(17-25-32(30,31)19-7-3-1-4-8-19)26-20(22(29)27-15-5-2-6-16-27)11-14-24-18-9-12-23-13-10-18/h9-10,12,19-20,23-25H,1-8,11,13-17H2,(H,26,28)/t20-/m1/s1. The van der Waals surface area contributed by atoms with Crippen LogP contribution in [0.2, 0.25) is 0 Å². The predicted octanol–water partition coefficient (Wildman–Crippen LogP) is 0.716. The van der Waals surface area contributed by atoms with E-state index in [0.717, 1.165) is 50.8 Å². The zero-order valence-corrected chi connectivity index (χ0v) is 19.6. The van der Waals surface area contributed by atoms with Gasteiger partial charge in [0.2, 0.25) is 21.8 Å². The molecule has 10 heteroatoms. The fourth-order valence-electron chi connectivity index (χ4n) is 4.44. The number of rotatable bonds is 10. The summed E-state index contributed by atoms with van der Waals surface area (Å²) < 4.78 is 27.5. The second-order valence-corrected chi connectivity index (χ2v) is 10.8. The minimum Gasteiger partial charge on any atom is -0.387 e. The summed E-state index contributed by atoms with van der Waals surface area (Å²) >= 11 is 0. The Balaban J connectivity index is 1.53. The number of dihydropyridines is 1. The molecule has 180 valence electrons. The van der Waals surface area contributed by atoms with Crippen LogP contribution >= 0.6 is 0 Å². The molecule has 0 aromatic carbocycles. The Kier molecular flexibility index (Phi) is 9.40. The summed E-state index contributed by atoms with van der Waals surface area (Å²) in [4.78, 5) is 27.5. The number of carbonyl (C=O) groups excluding carboxylic acids is 2. The molecule has 0 bridgehead atoms. The minimum atomic E-state index is -3.53. The summed E-state index contributed by atoms with van der Waals surface area (Å²) in [6.07, 6.45) is 13.4. The third kappa shape index (κ3) is 7.51. The van der Waals surface area contributed by atoms with Crippen LogP contribution in [0.3, 0.4) is 0 Å². The normalized spacial score (nSPS) is 20.8. The summed E-state index contributed by atoms with van der Waals surface area (Å²) in [5.41, 5.74) is 0.972. The number of nitrogens with one attached hydrogen (secondary N) is 4. The minimum absolute atomic E-state index is 0.0928. The zero-order chi connectivity index (χ0) is 22.8. The third-order valence-corrected chi connectivity index (χ3v) is 8.20. The summed E-state index contributed by atoms with van der Waals surface area (Å²) in [6, 6.07) is -0.682. The van der Waals surface area contributed by atoms with Crippen LogP contribution in [-0.4, -0.2) is 69.1 Å². The van der Waals surface area contributed by atoms with E-state index in [1.165, 1.54) is 0 Å². The second-order valence-electron chi connectivity index (χ2n) is 8.75. The molecule has 2 fully saturated rings. The number of amides is 2. The maximum atomic E-state index is 13.1. The van der Waals surface area contributed by atoms with Gasteiger partial charge in [0.1, 0.15) is 6.04 Å². The van der Waals surface area contributed by atoms with Crippen molar-refractivity contribution < 1.29 is 18.0 Å². The van der Waals surface area contributed by atoms with Gasteiger partial charge in [-0.1, -0.05) is 19.3 Å². The molecule has 3 aliphatic rings. The molecule has 2 heterocycles. The molecule has 2 amide bonds. The zero-order valence-electron chi connectivity index (χ0n) is 18.8. The lowest BCUT2D eigenvalue weighted by Crippen LogP contribution is -2.53. The number of allylic oxidation sites excluding steroid dienone is 1. The second kappa shape index (κ2) is 12.2. The number of hydrogen-bond acceptors (Lipinski definition) is 6. The molecule has 2 aliphatic heterocycles. The first kappa shape index (κ1) is 24.6. The molecule has 0 aromatic rings. The van der Waals surface area contributed by atoms with Gasteiger partial charge in [-0.05, 0) is 56.9 Å². The summed E-state index contributed by atoms with van der Waals surface area (Å²) in [5, 5.41) is 8.72. The SMILES string of the molecule is O=C(CNS(=O)(=O)C1CCCCC1)N[C@H](CCNC1=CCNC=C1)C(=O)N1CCCCC1. The van der Waals surface area contributed by atoms with Crippen LogP contribution < -0.4 is 20.7 Å². The molecule has 1 saturated carbocycles. The number of hydrogen-bond donors (Lipinski definition) is 4. The Labute approximate surface area is 191 Å². The lowest BCUT2D eigenvalue weighted by molar-refractivity contribution is -0.137. The molecule has 32 heavy (non-hydrogen) atoms. The van der Waals surface area contributed by atoms with Gasteiger partial charge in [-0.2, -0.15) is 0 Å². The Hall–Kier alpha value is -2.07. The fourth-order valence-corrected chi connectivity index (χ4v) is 5.96. The van der Waals surface area contributed by atoms with E-state index >= 15 is 0 Å². The predicted molar refractivity (Wildman–Crippen MR) is 124 cm³/mol. The van der Waals surface area contributed by atoms with Crippen LogP contribution in [0.1, 0.15) is 57.8 Å². The third-order valence-electron chi connectivity index (χ3n) is 6.31. The maximum absolute atomic E-state index is 13.1. The highest BCUT2D eigenvalue weighted by atomic mass is 32.2. The van der Waals surface area contributed by atoms with Crippen LogP contribution in [-0.2, 0) is 19.6 Å². The van der Waals surface area contributed by atoms with Gasteiger partial charge < -0.3 is 20.9 Å². The highest BCUT2D eigenvalue weighted by Crippen LogP contribution is 2.22. The average molecular weight is 468 g/mol. The summed E-state index contributed by atoms with van der Waals surface area (Å²) in [5.74, 6) is -0.564. The van der Waals surface area contributed by atoms with E-state index in [1.54, 1.807) is 0 Å². The molecule has 1 atom stereocenters. The van der Waals surface area contributed by atoms with Gasteiger partial charge >= 0.3 is 0 Å². The molecule has 1 aliphatic carbocycles. The molecule has 0 radical (unpaired) electrons. The highest BCUT2D eigenvalue weighted by molar-refractivity contribution is 7.90. The number of sulfonamides is 1. The lowest BCUT2D eigenvalue weighted by atomic mass is 10.0. The first-order valence-corrected chi connectivity index (χ1v) is 13.4. The van der Waals surface area contributed by atoms with Crippen molar-refractivity contribution in [3.8, 4) is 0 Å². The van der Waals surface area contributed by atoms with Crippen molar-refractivity contribution in [2.75, 3.05) is 32.7 Å². The molecule has 1 saturated heterocycles. The molecule has 0 aromatic heterocycles. The van der Waals surface area contributed by atoms with Crippen LogP contribution in [0.4, 0.5) is 0 Å². The van der Waals surface area contributed by atoms with Gasteiger partial charge in [-0.3, -0.25) is 9.59 Å². The molecular formula is C22H37N5O4S. The van der Waals surface area contributed by atoms with Crippen molar-refractivity contribution in [2.45, 2.75) is 69.1 Å². The molecule has 9 nitrogen and oxygen atoms in total. The fraction of sp³-hybridized carbons (Fsp3) is 0.727. The number of piperidine rings is 1.